The molecule has 0 amide bonds. The third-order valence-corrected chi connectivity index (χ3v) is 7.29. The van der Waals surface area contributed by atoms with Gasteiger partial charge in [-0.3, -0.25) is 0 Å². The Hall–Kier alpha value is -1.21. The summed E-state index contributed by atoms with van der Waals surface area (Å²) in [6.07, 6.45) is -4.57. The highest BCUT2D eigenvalue weighted by Crippen LogP contribution is 2.50. The Morgan fingerprint density at radius 1 is 1.27 bits per heavy atom. The number of anilines is 1. The van der Waals surface area contributed by atoms with E-state index in [9.17, 15) is 18.4 Å². The number of hydrogen-bond acceptors (Lipinski definition) is 5. The van der Waals surface area contributed by atoms with Crippen molar-refractivity contribution in [2.75, 3.05) is 23.9 Å². The van der Waals surface area contributed by atoms with E-state index in [2.05, 4.69) is 10.4 Å². The number of hydrogen-bond donors (Lipinski definition) is 1. The number of nitrogens with one attached hydrogen (secondary N) is 1. The van der Waals surface area contributed by atoms with Gasteiger partial charge < -0.3 is 5.32 Å². The minimum atomic E-state index is -4.57. The summed E-state index contributed by atoms with van der Waals surface area (Å²) >= 11 is 15.6. The first-order valence-corrected chi connectivity index (χ1v) is 10.1. The Morgan fingerprint density at radius 2 is 1.85 bits per heavy atom. The lowest BCUT2D eigenvalue weighted by atomic mass is 10.2. The molecule has 1 saturated heterocycles. The van der Waals surface area contributed by atoms with E-state index in [0.717, 1.165) is 23.6 Å². The zero-order valence-corrected chi connectivity index (χ0v) is 16.3. The Morgan fingerprint density at radius 3 is 2.31 bits per heavy atom. The van der Waals surface area contributed by atoms with Gasteiger partial charge >= 0.3 is 6.18 Å². The van der Waals surface area contributed by atoms with Crippen molar-refractivity contribution in [1.82, 2.24) is 9.78 Å². The first-order chi connectivity index (χ1) is 12.3. The number of thioether (sulfide) groups is 2. The molecular weight excluding hydrogens is 428 g/mol. The summed E-state index contributed by atoms with van der Waals surface area (Å²) < 4.78 is 40.2. The molecule has 11 heteroatoms. The highest BCUT2D eigenvalue weighted by molar-refractivity contribution is 8.19. The van der Waals surface area contributed by atoms with Gasteiger partial charge in [-0.2, -0.15) is 23.5 Å². The average molecular weight is 439 g/mol. The molecule has 138 valence electrons. The summed E-state index contributed by atoms with van der Waals surface area (Å²) in [5, 5.41) is 16.3. The van der Waals surface area contributed by atoms with Crippen LogP contribution in [0.15, 0.2) is 12.1 Å². The van der Waals surface area contributed by atoms with E-state index in [4.69, 9.17) is 23.2 Å². The van der Waals surface area contributed by atoms with Crippen molar-refractivity contribution < 1.29 is 13.2 Å². The van der Waals surface area contributed by atoms with Crippen LogP contribution in [0.5, 0.6) is 0 Å². The molecule has 26 heavy (non-hydrogen) atoms. The van der Waals surface area contributed by atoms with Crippen molar-refractivity contribution in [1.29, 1.82) is 5.26 Å². The van der Waals surface area contributed by atoms with Gasteiger partial charge in [0.25, 0.3) is 0 Å². The third-order valence-electron chi connectivity index (χ3n) is 3.68. The van der Waals surface area contributed by atoms with E-state index in [1.165, 1.54) is 4.68 Å². The lowest BCUT2D eigenvalue weighted by molar-refractivity contribution is -0.137. The molecule has 0 spiro atoms. The van der Waals surface area contributed by atoms with Crippen LogP contribution in [0.4, 0.5) is 19.0 Å². The molecule has 0 saturated carbocycles. The fourth-order valence-electron chi connectivity index (χ4n) is 2.59. The number of halogens is 5. The topological polar surface area (TPSA) is 53.6 Å². The maximum absolute atomic E-state index is 13.0. The second-order valence-corrected chi connectivity index (χ2v) is 8.78. The van der Waals surface area contributed by atoms with Crippen molar-refractivity contribution in [2.24, 2.45) is 0 Å². The molecule has 0 atom stereocenters. The first-order valence-electron chi connectivity index (χ1n) is 7.28. The standard InChI is InChI=1S/C15H11Cl2F3N4S2/c1-22-13-11(14-25-2-3-26-14)10(6-21)23-24(13)12-8(16)4-7(5-9(12)17)15(18,19)20/h4-5,14,22H,2-3H2,1H3. The number of nitrogens with zero attached hydrogens (tertiary/aromatic N) is 3. The van der Waals surface area contributed by atoms with E-state index in [-0.39, 0.29) is 26.0 Å². The van der Waals surface area contributed by atoms with Crippen LogP contribution in [0.1, 0.15) is 21.4 Å². The normalized spacial score (nSPS) is 15.3. The lowest BCUT2D eigenvalue weighted by Gasteiger charge is -2.15. The Bertz CT molecular complexity index is 863. The molecule has 1 fully saturated rings. The molecule has 0 radical (unpaired) electrons. The van der Waals surface area contributed by atoms with Crippen LogP contribution < -0.4 is 5.32 Å². The van der Waals surface area contributed by atoms with Crippen LogP contribution in [0.2, 0.25) is 10.0 Å². The van der Waals surface area contributed by atoms with Gasteiger partial charge in [0, 0.05) is 18.6 Å². The van der Waals surface area contributed by atoms with Gasteiger partial charge in [-0.05, 0) is 12.1 Å². The van der Waals surface area contributed by atoms with E-state index in [0.29, 0.717) is 11.4 Å². The van der Waals surface area contributed by atoms with Crippen LogP contribution in [0.25, 0.3) is 5.69 Å². The maximum Gasteiger partial charge on any atom is 0.416 e. The van der Waals surface area contributed by atoms with Crippen LogP contribution in [-0.4, -0.2) is 28.3 Å². The molecule has 3 rings (SSSR count). The van der Waals surface area contributed by atoms with E-state index in [1.807, 2.05) is 6.07 Å². The van der Waals surface area contributed by atoms with Crippen LogP contribution in [-0.2, 0) is 6.18 Å². The van der Waals surface area contributed by atoms with Crippen LogP contribution in [0.3, 0.4) is 0 Å². The molecule has 2 heterocycles. The molecule has 1 aliphatic heterocycles. The summed E-state index contributed by atoms with van der Waals surface area (Å²) in [5.74, 6) is 2.36. The fourth-order valence-corrected chi connectivity index (χ4v) is 6.18. The minimum Gasteiger partial charge on any atom is -0.373 e. The van der Waals surface area contributed by atoms with Crippen LogP contribution in [0, 0.1) is 11.3 Å². The van der Waals surface area contributed by atoms with E-state index >= 15 is 0 Å². The number of benzene rings is 1. The Labute approximate surface area is 166 Å². The minimum absolute atomic E-state index is 0.00727. The maximum atomic E-state index is 13.0. The molecule has 0 bridgehead atoms. The summed E-state index contributed by atoms with van der Waals surface area (Å²) in [5.41, 5.74) is 0.0290. The van der Waals surface area contributed by atoms with Crippen LogP contribution >= 0.6 is 46.7 Å². The summed E-state index contributed by atoms with van der Waals surface area (Å²) in [6, 6.07) is 3.65. The van der Waals surface area contributed by atoms with Gasteiger partial charge in [0.05, 0.1) is 25.8 Å². The molecule has 0 aliphatic carbocycles. The van der Waals surface area contributed by atoms with E-state index in [1.54, 1.807) is 30.6 Å². The van der Waals surface area contributed by atoms with Gasteiger partial charge in [0.15, 0.2) is 5.69 Å². The monoisotopic (exact) mass is 438 g/mol. The molecule has 1 aromatic carbocycles. The summed E-state index contributed by atoms with van der Waals surface area (Å²) in [7, 11) is 1.65. The third kappa shape index (κ3) is 3.48. The molecular formula is C15H11Cl2F3N4S2. The molecule has 1 aliphatic rings. The Kier molecular flexibility index (Phi) is 5.58. The predicted molar refractivity (Wildman–Crippen MR) is 101 cm³/mol. The smallest absolute Gasteiger partial charge is 0.373 e. The quantitative estimate of drug-likeness (QED) is 0.676. The highest BCUT2D eigenvalue weighted by atomic mass is 35.5. The van der Waals surface area contributed by atoms with Gasteiger partial charge in [-0.15, -0.1) is 23.5 Å². The zero-order chi connectivity index (χ0) is 19.1. The van der Waals surface area contributed by atoms with Gasteiger partial charge in [-0.25, -0.2) is 4.68 Å². The van der Waals surface area contributed by atoms with Crippen molar-refractivity contribution in [2.45, 2.75) is 10.8 Å². The van der Waals surface area contributed by atoms with Crippen molar-refractivity contribution in [3.63, 3.8) is 0 Å². The summed E-state index contributed by atoms with van der Waals surface area (Å²) in [4.78, 5) is 0. The predicted octanol–water partition coefficient (Wildman–Crippen LogP) is 5.59. The second-order valence-electron chi connectivity index (χ2n) is 5.24. The zero-order valence-electron chi connectivity index (χ0n) is 13.2. The van der Waals surface area contributed by atoms with Gasteiger partial charge in [0.1, 0.15) is 17.6 Å². The number of nitriles is 1. The number of aromatic nitrogens is 2. The SMILES string of the molecule is CNc1c(C2SCCS2)c(C#N)nn1-c1c(Cl)cc(C(F)(F)F)cc1Cl. The molecule has 2 aromatic rings. The highest BCUT2D eigenvalue weighted by Gasteiger charge is 2.34. The van der Waals surface area contributed by atoms with Crippen molar-refractivity contribution in [3.05, 3.63) is 39.0 Å². The molecule has 1 N–H and O–H groups in total. The molecule has 4 nitrogen and oxygen atoms in total. The average Bonchev–Trinajstić information content (AvgIpc) is 3.20. The lowest BCUT2D eigenvalue weighted by Crippen LogP contribution is -2.09. The van der Waals surface area contributed by atoms with Crippen molar-refractivity contribution >= 4 is 52.5 Å². The molecule has 0 unspecified atom stereocenters. The van der Waals surface area contributed by atoms with E-state index < -0.39 is 11.7 Å². The number of rotatable bonds is 3. The summed E-state index contributed by atoms with van der Waals surface area (Å²) in [6.45, 7) is 0. The Balaban J connectivity index is 2.20. The van der Waals surface area contributed by atoms with Crippen molar-refractivity contribution in [3.8, 4) is 11.8 Å². The largest absolute Gasteiger partial charge is 0.416 e. The fraction of sp³-hybridized carbons (Fsp3) is 0.333. The van der Waals surface area contributed by atoms with Gasteiger partial charge in [-0.1, -0.05) is 23.2 Å². The van der Waals surface area contributed by atoms with Gasteiger partial charge in [0.2, 0.25) is 0 Å². The molecule has 1 aromatic heterocycles. The second kappa shape index (κ2) is 7.43. The first kappa shape index (κ1) is 19.5. The number of alkyl halides is 3.